The summed E-state index contributed by atoms with van der Waals surface area (Å²) in [6.45, 7) is 0. The maximum Gasteiger partial charge on any atom is 0.144 e. The quantitative estimate of drug-likeness (QED) is 0.632. The van der Waals surface area contributed by atoms with E-state index in [0.717, 1.165) is 24.2 Å². The molecule has 114 valence electrons. The highest BCUT2D eigenvalue weighted by atomic mass is 35.5. The Balaban J connectivity index is 2.07. The Morgan fingerprint density at radius 3 is 2.48 bits per heavy atom. The van der Waals surface area contributed by atoms with Crippen LogP contribution in [0.3, 0.4) is 0 Å². The Morgan fingerprint density at radius 2 is 1.81 bits per heavy atom. The van der Waals surface area contributed by atoms with Gasteiger partial charge in [0, 0.05) is 12.1 Å². The number of hydrogen-bond donors (Lipinski definition) is 0. The number of nitrogens with zero attached hydrogens (tertiary/aromatic N) is 2. The van der Waals surface area contributed by atoms with Crippen molar-refractivity contribution in [3.05, 3.63) is 28.8 Å². The summed E-state index contributed by atoms with van der Waals surface area (Å²) >= 11 is 12.0. The summed E-state index contributed by atoms with van der Waals surface area (Å²) in [7, 11) is 0. The minimum absolute atomic E-state index is 0.149. The first-order chi connectivity index (χ1) is 10.2. The average Bonchev–Trinajstić information content (AvgIpc) is 2.77. The van der Waals surface area contributed by atoms with Crippen LogP contribution in [0.15, 0.2) is 12.1 Å². The van der Waals surface area contributed by atoms with Gasteiger partial charge in [0.1, 0.15) is 11.6 Å². The molecule has 0 amide bonds. The van der Waals surface area contributed by atoms with Crippen LogP contribution >= 0.6 is 23.2 Å². The monoisotopic (exact) mass is 328 g/mol. The normalized spacial score (nSPS) is 17.9. The lowest BCUT2D eigenvalue weighted by molar-refractivity contribution is 0.373. The van der Waals surface area contributed by atoms with Crippen LogP contribution in [0.1, 0.15) is 56.8 Å². The van der Waals surface area contributed by atoms with E-state index in [1.807, 2.05) is 0 Å². The molecule has 0 spiro atoms. The molecule has 2 nitrogen and oxygen atoms in total. The van der Waals surface area contributed by atoms with Gasteiger partial charge in [0.25, 0.3) is 0 Å². The number of imidazole rings is 1. The van der Waals surface area contributed by atoms with Crippen molar-refractivity contribution < 1.29 is 4.39 Å². The van der Waals surface area contributed by atoms with Gasteiger partial charge in [-0.3, -0.25) is 0 Å². The van der Waals surface area contributed by atoms with E-state index in [2.05, 4.69) is 9.55 Å². The van der Waals surface area contributed by atoms with Gasteiger partial charge >= 0.3 is 0 Å². The lowest BCUT2D eigenvalue weighted by atomic mass is 9.96. The van der Waals surface area contributed by atoms with Crippen LogP contribution in [0.4, 0.5) is 4.39 Å². The van der Waals surface area contributed by atoms with E-state index in [-0.39, 0.29) is 5.02 Å². The molecule has 1 fully saturated rings. The van der Waals surface area contributed by atoms with E-state index in [9.17, 15) is 4.39 Å². The summed E-state index contributed by atoms with van der Waals surface area (Å²) < 4.78 is 15.8. The third-order valence-electron chi connectivity index (χ3n) is 4.36. The molecule has 21 heavy (non-hydrogen) atoms. The number of alkyl halides is 1. The molecular weight excluding hydrogens is 310 g/mol. The van der Waals surface area contributed by atoms with E-state index < -0.39 is 5.82 Å². The molecule has 0 aliphatic heterocycles. The highest BCUT2D eigenvalue weighted by Gasteiger charge is 2.20. The Labute approximate surface area is 134 Å². The van der Waals surface area contributed by atoms with Crippen molar-refractivity contribution in [1.82, 2.24) is 9.55 Å². The first-order valence-corrected chi connectivity index (χ1v) is 8.54. The maximum atomic E-state index is 13.6. The van der Waals surface area contributed by atoms with Crippen molar-refractivity contribution in [2.75, 3.05) is 0 Å². The van der Waals surface area contributed by atoms with Crippen molar-refractivity contribution in [1.29, 1.82) is 0 Å². The molecule has 1 saturated carbocycles. The van der Waals surface area contributed by atoms with Crippen LogP contribution in [-0.4, -0.2) is 9.55 Å². The number of hydrogen-bond acceptors (Lipinski definition) is 1. The summed E-state index contributed by atoms with van der Waals surface area (Å²) in [5.74, 6) is 0.733. The van der Waals surface area contributed by atoms with Crippen LogP contribution in [-0.2, 0) is 5.88 Å². The highest BCUT2D eigenvalue weighted by Crippen LogP contribution is 2.33. The molecule has 0 unspecified atom stereocenters. The third-order valence-corrected chi connectivity index (χ3v) is 4.89. The Hall–Kier alpha value is -0.800. The van der Waals surface area contributed by atoms with Gasteiger partial charge in [-0.15, -0.1) is 11.6 Å². The van der Waals surface area contributed by atoms with Crippen LogP contribution < -0.4 is 0 Å². The Morgan fingerprint density at radius 1 is 1.14 bits per heavy atom. The first kappa shape index (κ1) is 15.1. The topological polar surface area (TPSA) is 17.8 Å². The fraction of sp³-hybridized carbons (Fsp3) is 0.562. The van der Waals surface area contributed by atoms with Gasteiger partial charge in [-0.2, -0.15) is 0 Å². The molecule has 1 heterocycles. The van der Waals surface area contributed by atoms with Gasteiger partial charge in [-0.1, -0.05) is 43.7 Å². The maximum absolute atomic E-state index is 13.6. The number of aromatic nitrogens is 2. The molecule has 1 aliphatic carbocycles. The zero-order valence-corrected chi connectivity index (χ0v) is 13.4. The molecule has 0 bridgehead atoms. The van der Waals surface area contributed by atoms with Gasteiger partial charge < -0.3 is 4.57 Å². The molecular formula is C16H19Cl2FN2. The molecule has 0 saturated heterocycles. The number of fused-ring (bicyclic) bond motifs is 1. The Kier molecular flexibility index (Phi) is 4.70. The van der Waals surface area contributed by atoms with Crippen LogP contribution in [0.25, 0.3) is 11.0 Å². The average molecular weight is 329 g/mol. The summed E-state index contributed by atoms with van der Waals surface area (Å²) in [5, 5.41) is 0.149. The standard InChI is InChI=1S/C16H19Cl2FN2/c17-10-16-20-14-9-13(19)12(18)8-15(14)21(16)11-6-4-2-1-3-5-7-11/h8-9,11H,1-7,10H2. The molecule has 5 heteroatoms. The van der Waals surface area contributed by atoms with Crippen LogP contribution in [0.5, 0.6) is 0 Å². The molecule has 1 aromatic heterocycles. The Bertz CT molecular complexity index is 631. The van der Waals surface area contributed by atoms with Gasteiger partial charge in [-0.25, -0.2) is 9.37 Å². The van der Waals surface area contributed by atoms with E-state index in [1.54, 1.807) is 6.07 Å². The summed E-state index contributed by atoms with van der Waals surface area (Å²) in [4.78, 5) is 4.49. The molecule has 2 aromatic rings. The second kappa shape index (κ2) is 6.53. The SMILES string of the molecule is Fc1cc2nc(CCl)n(C3CCCCCCC3)c2cc1Cl. The molecule has 0 N–H and O–H groups in total. The summed E-state index contributed by atoms with van der Waals surface area (Å²) in [6, 6.07) is 3.49. The molecule has 0 atom stereocenters. The lowest BCUT2D eigenvalue weighted by Crippen LogP contribution is -2.13. The zero-order valence-electron chi connectivity index (χ0n) is 11.9. The van der Waals surface area contributed by atoms with Gasteiger partial charge in [0.05, 0.1) is 21.9 Å². The smallest absolute Gasteiger partial charge is 0.144 e. The van der Waals surface area contributed by atoms with Crippen molar-refractivity contribution >= 4 is 34.2 Å². The minimum Gasteiger partial charge on any atom is -0.324 e. The fourth-order valence-electron chi connectivity index (χ4n) is 3.33. The number of benzene rings is 1. The van der Waals surface area contributed by atoms with E-state index in [4.69, 9.17) is 23.2 Å². The third kappa shape index (κ3) is 3.04. The zero-order chi connectivity index (χ0) is 14.8. The largest absolute Gasteiger partial charge is 0.324 e. The van der Waals surface area contributed by atoms with Gasteiger partial charge in [0.15, 0.2) is 0 Å². The van der Waals surface area contributed by atoms with E-state index in [1.165, 1.54) is 38.2 Å². The lowest BCUT2D eigenvalue weighted by Gasteiger charge is -2.23. The van der Waals surface area contributed by atoms with Gasteiger partial charge in [-0.05, 0) is 18.9 Å². The summed E-state index contributed by atoms with van der Waals surface area (Å²) in [5.41, 5.74) is 1.55. The van der Waals surface area contributed by atoms with E-state index >= 15 is 0 Å². The first-order valence-electron chi connectivity index (χ1n) is 7.62. The number of halogens is 3. The van der Waals surface area contributed by atoms with Gasteiger partial charge in [0.2, 0.25) is 0 Å². The fourth-order valence-corrected chi connectivity index (χ4v) is 3.68. The van der Waals surface area contributed by atoms with Crippen molar-refractivity contribution in [2.45, 2.75) is 56.9 Å². The molecule has 0 radical (unpaired) electrons. The van der Waals surface area contributed by atoms with Crippen LogP contribution in [0, 0.1) is 5.82 Å². The number of rotatable bonds is 2. The van der Waals surface area contributed by atoms with Crippen LogP contribution in [0.2, 0.25) is 5.02 Å². The van der Waals surface area contributed by atoms with Crippen molar-refractivity contribution in [3.8, 4) is 0 Å². The van der Waals surface area contributed by atoms with Crippen molar-refractivity contribution in [3.63, 3.8) is 0 Å². The highest BCUT2D eigenvalue weighted by molar-refractivity contribution is 6.31. The molecule has 1 aliphatic rings. The second-order valence-electron chi connectivity index (χ2n) is 5.79. The predicted molar refractivity (Wildman–Crippen MR) is 85.6 cm³/mol. The molecule has 1 aromatic carbocycles. The second-order valence-corrected chi connectivity index (χ2v) is 6.46. The van der Waals surface area contributed by atoms with E-state index in [0.29, 0.717) is 17.4 Å². The van der Waals surface area contributed by atoms with Crippen molar-refractivity contribution in [2.24, 2.45) is 0 Å². The minimum atomic E-state index is -0.424. The predicted octanol–water partition coefficient (Wildman–Crippen LogP) is 5.85. The molecule has 3 rings (SSSR count). The summed E-state index contributed by atoms with van der Waals surface area (Å²) in [6.07, 6.45) is 8.61.